The lowest BCUT2D eigenvalue weighted by atomic mass is 9.98. The van der Waals surface area contributed by atoms with Crippen LogP contribution in [0.1, 0.15) is 12.5 Å². The van der Waals surface area contributed by atoms with E-state index in [9.17, 15) is 9.59 Å². The standard InChI is InChI=1S/C11H13N3O3/c1-6(11(16)17-2)9(15)8(12)7-4-3-5-14-10(7)13/h3-6,12H,1-2H3,(H2,13,14). The van der Waals surface area contributed by atoms with Crippen LogP contribution in [0.15, 0.2) is 18.3 Å². The van der Waals surface area contributed by atoms with Crippen molar-refractivity contribution in [3.05, 3.63) is 23.9 Å². The van der Waals surface area contributed by atoms with Gasteiger partial charge in [-0.2, -0.15) is 0 Å². The van der Waals surface area contributed by atoms with Crippen LogP contribution >= 0.6 is 0 Å². The summed E-state index contributed by atoms with van der Waals surface area (Å²) in [6.45, 7) is 1.38. The highest BCUT2D eigenvalue weighted by Gasteiger charge is 2.27. The van der Waals surface area contributed by atoms with E-state index in [0.29, 0.717) is 0 Å². The Balaban J connectivity index is 2.95. The van der Waals surface area contributed by atoms with Gasteiger partial charge in [0.05, 0.1) is 7.11 Å². The molecule has 90 valence electrons. The Bertz CT molecular complexity index is 471. The molecule has 0 radical (unpaired) electrons. The molecule has 0 saturated heterocycles. The Morgan fingerprint density at radius 3 is 2.71 bits per heavy atom. The molecule has 6 heteroatoms. The lowest BCUT2D eigenvalue weighted by Gasteiger charge is -2.10. The van der Waals surface area contributed by atoms with Gasteiger partial charge in [0.15, 0.2) is 5.78 Å². The van der Waals surface area contributed by atoms with E-state index >= 15 is 0 Å². The molecule has 1 aromatic heterocycles. The molecule has 0 aliphatic carbocycles. The zero-order valence-electron chi connectivity index (χ0n) is 9.56. The second-order valence-corrected chi connectivity index (χ2v) is 3.42. The molecule has 0 bridgehead atoms. The van der Waals surface area contributed by atoms with Crippen LogP contribution in [0.4, 0.5) is 5.82 Å². The highest BCUT2D eigenvalue weighted by atomic mass is 16.5. The fourth-order valence-corrected chi connectivity index (χ4v) is 1.26. The van der Waals surface area contributed by atoms with Crippen LogP contribution < -0.4 is 5.73 Å². The number of nitrogen functional groups attached to an aromatic ring is 1. The lowest BCUT2D eigenvalue weighted by Crippen LogP contribution is -2.29. The van der Waals surface area contributed by atoms with Gasteiger partial charge >= 0.3 is 5.97 Å². The minimum atomic E-state index is -1.02. The molecular weight excluding hydrogens is 222 g/mol. The topological polar surface area (TPSA) is 106 Å². The molecule has 0 amide bonds. The van der Waals surface area contributed by atoms with E-state index in [0.717, 1.165) is 0 Å². The van der Waals surface area contributed by atoms with Crippen molar-refractivity contribution in [3.63, 3.8) is 0 Å². The monoisotopic (exact) mass is 235 g/mol. The van der Waals surface area contributed by atoms with Crippen LogP contribution in [0.2, 0.25) is 0 Å². The molecule has 17 heavy (non-hydrogen) atoms. The van der Waals surface area contributed by atoms with Gasteiger partial charge in [0, 0.05) is 11.8 Å². The molecular formula is C11H13N3O3. The first kappa shape index (κ1) is 12.8. The summed E-state index contributed by atoms with van der Waals surface area (Å²) in [5, 5.41) is 7.70. The second-order valence-electron chi connectivity index (χ2n) is 3.42. The van der Waals surface area contributed by atoms with Crippen LogP contribution in [0.5, 0.6) is 0 Å². The van der Waals surface area contributed by atoms with Crippen molar-refractivity contribution in [1.29, 1.82) is 5.41 Å². The number of rotatable bonds is 4. The third kappa shape index (κ3) is 2.66. The number of Topliss-reactive ketones (excluding diaryl/α,β-unsaturated/α-hetero) is 1. The number of ether oxygens (including phenoxy) is 1. The van der Waals surface area contributed by atoms with Gasteiger partial charge < -0.3 is 10.5 Å². The minimum Gasteiger partial charge on any atom is -0.468 e. The number of carbonyl (C=O) groups excluding carboxylic acids is 2. The normalized spacial score (nSPS) is 11.6. The van der Waals surface area contributed by atoms with Crippen molar-refractivity contribution in [2.75, 3.05) is 12.8 Å². The molecule has 0 aliphatic heterocycles. The van der Waals surface area contributed by atoms with Gasteiger partial charge in [-0.25, -0.2) is 4.98 Å². The van der Waals surface area contributed by atoms with Gasteiger partial charge in [0.2, 0.25) is 0 Å². The summed E-state index contributed by atoms with van der Waals surface area (Å²) in [6, 6.07) is 3.07. The van der Waals surface area contributed by atoms with E-state index in [1.807, 2.05) is 0 Å². The van der Waals surface area contributed by atoms with Gasteiger partial charge in [-0.1, -0.05) is 0 Å². The second kappa shape index (κ2) is 5.20. The number of nitrogens with zero attached hydrogens (tertiary/aromatic N) is 1. The van der Waals surface area contributed by atoms with Crippen LogP contribution in [-0.4, -0.2) is 29.6 Å². The lowest BCUT2D eigenvalue weighted by molar-refractivity contribution is -0.147. The summed E-state index contributed by atoms with van der Waals surface area (Å²) < 4.78 is 4.45. The van der Waals surface area contributed by atoms with Crippen molar-refractivity contribution < 1.29 is 14.3 Å². The molecule has 1 aromatic rings. The maximum absolute atomic E-state index is 11.8. The van der Waals surface area contributed by atoms with Gasteiger partial charge in [-0.3, -0.25) is 15.0 Å². The molecule has 0 aromatic carbocycles. The summed E-state index contributed by atoms with van der Waals surface area (Å²) in [6.07, 6.45) is 1.46. The number of hydrogen-bond acceptors (Lipinski definition) is 6. The van der Waals surface area contributed by atoms with E-state index in [-0.39, 0.29) is 17.1 Å². The molecule has 0 saturated carbocycles. The number of carbonyl (C=O) groups is 2. The number of pyridine rings is 1. The molecule has 0 spiro atoms. The summed E-state index contributed by atoms with van der Waals surface area (Å²) >= 11 is 0. The summed E-state index contributed by atoms with van der Waals surface area (Å²) in [5.41, 5.74) is 5.42. The zero-order chi connectivity index (χ0) is 13.0. The molecule has 6 nitrogen and oxygen atoms in total. The average Bonchev–Trinajstić information content (AvgIpc) is 2.35. The average molecular weight is 235 g/mol. The van der Waals surface area contributed by atoms with Gasteiger partial charge in [0.1, 0.15) is 17.4 Å². The highest BCUT2D eigenvalue weighted by molar-refractivity contribution is 6.48. The fraction of sp³-hybridized carbons (Fsp3) is 0.273. The number of hydrogen-bond donors (Lipinski definition) is 2. The molecule has 0 aliphatic rings. The molecule has 3 N–H and O–H groups in total. The van der Waals surface area contributed by atoms with Crippen LogP contribution in [0.3, 0.4) is 0 Å². The van der Waals surface area contributed by atoms with E-state index in [2.05, 4.69) is 9.72 Å². The Hall–Kier alpha value is -2.24. The maximum Gasteiger partial charge on any atom is 0.316 e. The number of esters is 1. The van der Waals surface area contributed by atoms with Gasteiger partial charge in [-0.05, 0) is 19.1 Å². The fourth-order valence-electron chi connectivity index (χ4n) is 1.26. The Labute approximate surface area is 98.3 Å². The van der Waals surface area contributed by atoms with E-state index in [1.54, 1.807) is 6.07 Å². The Morgan fingerprint density at radius 1 is 1.53 bits per heavy atom. The summed E-state index contributed by atoms with van der Waals surface area (Å²) in [5.74, 6) is -2.26. The van der Waals surface area contributed by atoms with Crippen molar-refractivity contribution in [1.82, 2.24) is 4.98 Å². The number of ketones is 1. The number of nitrogens with two attached hydrogens (primary N) is 1. The van der Waals surface area contributed by atoms with Crippen LogP contribution in [-0.2, 0) is 14.3 Å². The highest BCUT2D eigenvalue weighted by Crippen LogP contribution is 2.12. The number of methoxy groups -OCH3 is 1. The third-order valence-electron chi connectivity index (χ3n) is 2.30. The van der Waals surface area contributed by atoms with Crippen molar-refractivity contribution >= 4 is 23.3 Å². The first-order valence-corrected chi connectivity index (χ1v) is 4.90. The van der Waals surface area contributed by atoms with Crippen LogP contribution in [0.25, 0.3) is 0 Å². The number of nitrogens with one attached hydrogen (secondary N) is 1. The quantitative estimate of drug-likeness (QED) is 0.446. The molecule has 1 rings (SSSR count). The Morgan fingerprint density at radius 2 is 2.18 bits per heavy atom. The molecule has 1 atom stereocenters. The first-order valence-electron chi connectivity index (χ1n) is 4.90. The summed E-state index contributed by atoms with van der Waals surface area (Å²) in [7, 11) is 1.19. The zero-order valence-corrected chi connectivity index (χ0v) is 9.56. The van der Waals surface area contributed by atoms with Crippen molar-refractivity contribution in [3.8, 4) is 0 Å². The molecule has 0 fully saturated rings. The number of anilines is 1. The van der Waals surface area contributed by atoms with Crippen molar-refractivity contribution in [2.45, 2.75) is 6.92 Å². The third-order valence-corrected chi connectivity index (χ3v) is 2.30. The SMILES string of the molecule is COC(=O)C(C)C(=O)C(=N)c1cccnc1N. The van der Waals surface area contributed by atoms with Gasteiger partial charge in [-0.15, -0.1) is 0 Å². The number of aromatic nitrogens is 1. The van der Waals surface area contributed by atoms with E-state index in [1.165, 1.54) is 26.3 Å². The smallest absolute Gasteiger partial charge is 0.316 e. The molecule has 1 unspecified atom stereocenters. The maximum atomic E-state index is 11.8. The molecule has 1 heterocycles. The van der Waals surface area contributed by atoms with Crippen molar-refractivity contribution in [2.24, 2.45) is 5.92 Å². The predicted molar refractivity (Wildman–Crippen MR) is 61.7 cm³/mol. The Kier molecular flexibility index (Phi) is 3.92. The largest absolute Gasteiger partial charge is 0.468 e. The van der Waals surface area contributed by atoms with E-state index in [4.69, 9.17) is 11.1 Å². The van der Waals surface area contributed by atoms with Crippen LogP contribution in [0, 0.1) is 11.3 Å². The first-order chi connectivity index (χ1) is 7.99. The minimum absolute atomic E-state index is 0.0860. The predicted octanol–water partition coefficient (Wildman–Crippen LogP) is 0.410. The van der Waals surface area contributed by atoms with Gasteiger partial charge in [0.25, 0.3) is 0 Å². The summed E-state index contributed by atoms with van der Waals surface area (Å²) in [4.78, 5) is 26.8. The van der Waals surface area contributed by atoms with E-state index < -0.39 is 17.7 Å².